The predicted molar refractivity (Wildman–Crippen MR) is 91.4 cm³/mol. The minimum atomic E-state index is -0.487. The molecule has 0 aliphatic heterocycles. The van der Waals surface area contributed by atoms with Crippen molar-refractivity contribution in [3.05, 3.63) is 63.9 Å². The van der Waals surface area contributed by atoms with E-state index in [0.29, 0.717) is 10.6 Å². The summed E-state index contributed by atoms with van der Waals surface area (Å²) in [4.78, 5) is 27.6. The van der Waals surface area contributed by atoms with E-state index in [2.05, 4.69) is 21.2 Å². The Labute approximate surface area is 147 Å². The summed E-state index contributed by atoms with van der Waals surface area (Å²) in [5, 5.41) is 2.93. The van der Waals surface area contributed by atoms with Crippen LogP contribution in [0.2, 0.25) is 10.0 Å². The number of halogens is 2. The maximum Gasteiger partial charge on any atom is 0.269 e. The first-order valence-electron chi connectivity index (χ1n) is 6.24. The lowest BCUT2D eigenvalue weighted by molar-refractivity contribution is 0.0934. The van der Waals surface area contributed by atoms with Gasteiger partial charge in [-0.15, -0.1) is 0 Å². The zero-order valence-corrected chi connectivity index (χ0v) is 13.8. The number of nitrogens with zero attached hydrogens (tertiary/aromatic N) is 1. The highest BCUT2D eigenvalue weighted by atomic mass is 35.5. The monoisotopic (exact) mass is 368 g/mol. The molecular weight excluding hydrogens is 359 g/mol. The van der Waals surface area contributed by atoms with Crippen molar-refractivity contribution in [1.82, 2.24) is 21.2 Å². The van der Waals surface area contributed by atoms with Crippen LogP contribution in [0.4, 0.5) is 0 Å². The molecule has 0 radical (unpaired) electrons. The molecule has 0 aliphatic carbocycles. The largest absolute Gasteiger partial charge is 0.298 e. The third-order valence-electron chi connectivity index (χ3n) is 2.64. The first-order chi connectivity index (χ1) is 11.0. The second-order valence-corrected chi connectivity index (χ2v) is 5.45. The van der Waals surface area contributed by atoms with Gasteiger partial charge in [-0.2, -0.15) is 0 Å². The number of hydrazine groups is 1. The van der Waals surface area contributed by atoms with Gasteiger partial charge in [-0.05, 0) is 42.5 Å². The van der Waals surface area contributed by atoms with Crippen molar-refractivity contribution < 1.29 is 9.59 Å². The normalized spacial score (nSPS) is 9.83. The van der Waals surface area contributed by atoms with Crippen molar-refractivity contribution in [3.8, 4) is 0 Å². The van der Waals surface area contributed by atoms with Gasteiger partial charge >= 0.3 is 0 Å². The molecule has 0 saturated heterocycles. The minimum absolute atomic E-state index is 0.0662. The second-order valence-electron chi connectivity index (χ2n) is 4.23. The van der Waals surface area contributed by atoms with Gasteiger partial charge in [0.05, 0.1) is 10.0 Å². The lowest BCUT2D eigenvalue weighted by Crippen LogP contribution is -2.48. The van der Waals surface area contributed by atoms with E-state index < -0.39 is 11.8 Å². The van der Waals surface area contributed by atoms with Gasteiger partial charge < -0.3 is 0 Å². The molecule has 23 heavy (non-hydrogen) atoms. The molecule has 2 amide bonds. The van der Waals surface area contributed by atoms with E-state index in [4.69, 9.17) is 35.4 Å². The van der Waals surface area contributed by atoms with E-state index in [1.54, 1.807) is 0 Å². The topological polar surface area (TPSA) is 83.1 Å². The summed E-state index contributed by atoms with van der Waals surface area (Å²) in [5.74, 6) is -0.905. The molecule has 118 valence electrons. The molecule has 1 aromatic carbocycles. The van der Waals surface area contributed by atoms with Crippen molar-refractivity contribution >= 4 is 52.3 Å². The molecule has 1 heterocycles. The van der Waals surface area contributed by atoms with Crippen LogP contribution in [0.1, 0.15) is 20.7 Å². The first-order valence-corrected chi connectivity index (χ1v) is 7.40. The van der Waals surface area contributed by atoms with E-state index in [1.165, 1.54) is 42.7 Å². The number of aromatic nitrogens is 1. The van der Waals surface area contributed by atoms with Crippen LogP contribution in [0, 0.1) is 0 Å². The Kier molecular flexibility index (Phi) is 5.86. The average Bonchev–Trinajstić information content (AvgIpc) is 2.55. The lowest BCUT2D eigenvalue weighted by atomic mass is 10.2. The van der Waals surface area contributed by atoms with Crippen molar-refractivity contribution in [2.75, 3.05) is 0 Å². The van der Waals surface area contributed by atoms with Gasteiger partial charge in [0, 0.05) is 23.5 Å². The van der Waals surface area contributed by atoms with E-state index in [1.807, 2.05) is 0 Å². The van der Waals surface area contributed by atoms with Crippen LogP contribution in [0.3, 0.4) is 0 Å². The highest BCUT2D eigenvalue weighted by Crippen LogP contribution is 2.22. The molecule has 0 spiro atoms. The molecule has 0 fully saturated rings. The summed E-state index contributed by atoms with van der Waals surface area (Å²) >= 11 is 16.6. The third-order valence-corrected chi connectivity index (χ3v) is 3.58. The van der Waals surface area contributed by atoms with Crippen LogP contribution in [0.15, 0.2) is 42.7 Å². The maximum absolute atomic E-state index is 12.0. The number of rotatable bonds is 2. The number of pyridine rings is 1. The Morgan fingerprint density at radius 1 is 0.913 bits per heavy atom. The fraction of sp³-hybridized carbons (Fsp3) is 0. The Morgan fingerprint density at radius 2 is 1.61 bits per heavy atom. The van der Waals surface area contributed by atoms with Gasteiger partial charge in [-0.3, -0.25) is 30.7 Å². The molecule has 6 nitrogen and oxygen atoms in total. The van der Waals surface area contributed by atoms with Gasteiger partial charge in [0.15, 0.2) is 5.11 Å². The Bertz CT molecular complexity index is 756. The van der Waals surface area contributed by atoms with Gasteiger partial charge in [-0.1, -0.05) is 23.2 Å². The zero-order chi connectivity index (χ0) is 16.8. The lowest BCUT2D eigenvalue weighted by Gasteiger charge is -2.11. The summed E-state index contributed by atoms with van der Waals surface area (Å²) in [6.07, 6.45) is 2.97. The fourth-order valence-corrected chi connectivity index (χ4v) is 1.97. The van der Waals surface area contributed by atoms with Crippen molar-refractivity contribution in [2.45, 2.75) is 0 Å². The van der Waals surface area contributed by atoms with Crippen LogP contribution in [0.5, 0.6) is 0 Å². The van der Waals surface area contributed by atoms with E-state index in [0.717, 1.165) is 0 Å². The standard InChI is InChI=1S/C14H10Cl2N4O2S/c15-10-2-1-9(7-11(10)16)12(21)18-14(23)20-19-13(22)8-3-5-17-6-4-8/h1-7H,(H,19,22)(H2,18,20,21,23). The number of hydrogen-bond acceptors (Lipinski definition) is 4. The molecule has 9 heteroatoms. The Balaban J connectivity index is 1.88. The highest BCUT2D eigenvalue weighted by Gasteiger charge is 2.11. The third kappa shape index (κ3) is 4.88. The predicted octanol–water partition coefficient (Wildman–Crippen LogP) is 2.34. The van der Waals surface area contributed by atoms with Crippen LogP contribution in [-0.2, 0) is 0 Å². The highest BCUT2D eigenvalue weighted by molar-refractivity contribution is 7.80. The van der Waals surface area contributed by atoms with E-state index in [-0.39, 0.29) is 15.7 Å². The molecule has 0 saturated carbocycles. The van der Waals surface area contributed by atoms with Crippen molar-refractivity contribution in [2.24, 2.45) is 0 Å². The summed E-state index contributed by atoms with van der Waals surface area (Å²) in [6.45, 7) is 0. The smallest absolute Gasteiger partial charge is 0.269 e. The summed E-state index contributed by atoms with van der Waals surface area (Å²) in [5.41, 5.74) is 5.46. The first kappa shape index (κ1) is 17.1. The number of thiocarbonyl (C=S) groups is 1. The molecule has 2 aromatic rings. The molecule has 2 rings (SSSR count). The molecule has 0 bridgehead atoms. The summed E-state index contributed by atoms with van der Waals surface area (Å²) in [6, 6.07) is 7.49. The zero-order valence-electron chi connectivity index (χ0n) is 11.5. The van der Waals surface area contributed by atoms with Gasteiger partial charge in [-0.25, -0.2) is 0 Å². The SMILES string of the molecule is O=C(NNC(=S)NC(=O)c1ccc(Cl)c(Cl)c1)c1ccncc1. The van der Waals surface area contributed by atoms with E-state index in [9.17, 15) is 9.59 Å². The van der Waals surface area contributed by atoms with E-state index >= 15 is 0 Å². The summed E-state index contributed by atoms with van der Waals surface area (Å²) in [7, 11) is 0. The van der Waals surface area contributed by atoms with Crippen LogP contribution < -0.4 is 16.2 Å². The number of benzene rings is 1. The molecule has 0 aliphatic rings. The second kappa shape index (κ2) is 7.87. The van der Waals surface area contributed by atoms with Gasteiger partial charge in [0.1, 0.15) is 0 Å². The summed E-state index contributed by atoms with van der Waals surface area (Å²) < 4.78 is 0. The number of carbonyl (C=O) groups excluding carboxylic acids is 2. The number of nitrogens with one attached hydrogen (secondary N) is 3. The van der Waals surface area contributed by atoms with Crippen molar-refractivity contribution in [1.29, 1.82) is 0 Å². The average molecular weight is 369 g/mol. The molecule has 3 N–H and O–H groups in total. The van der Waals surface area contributed by atoms with Gasteiger partial charge in [0.25, 0.3) is 11.8 Å². The molecule has 0 atom stereocenters. The quantitative estimate of drug-likeness (QED) is 0.559. The number of amides is 2. The maximum atomic E-state index is 12.0. The van der Waals surface area contributed by atoms with Crippen LogP contribution in [0.25, 0.3) is 0 Å². The minimum Gasteiger partial charge on any atom is -0.298 e. The number of carbonyl (C=O) groups is 2. The molecular formula is C14H10Cl2N4O2S. The Hall–Kier alpha value is -2.22. The molecule has 0 unspecified atom stereocenters. The fourth-order valence-electron chi connectivity index (χ4n) is 1.53. The molecule has 1 aromatic heterocycles. The van der Waals surface area contributed by atoms with Crippen LogP contribution >= 0.6 is 35.4 Å². The Morgan fingerprint density at radius 3 is 2.26 bits per heavy atom. The van der Waals surface area contributed by atoms with Crippen molar-refractivity contribution in [3.63, 3.8) is 0 Å². The number of hydrogen-bond donors (Lipinski definition) is 3. The van der Waals surface area contributed by atoms with Crippen LogP contribution in [-0.4, -0.2) is 21.9 Å². The van der Waals surface area contributed by atoms with Gasteiger partial charge in [0.2, 0.25) is 0 Å².